The predicted octanol–water partition coefficient (Wildman–Crippen LogP) is 2.57. The van der Waals surface area contributed by atoms with Gasteiger partial charge >= 0.3 is 0 Å². The van der Waals surface area contributed by atoms with Crippen LogP contribution in [0.3, 0.4) is 0 Å². The predicted molar refractivity (Wildman–Crippen MR) is 68.8 cm³/mol. The quantitative estimate of drug-likeness (QED) is 0.667. The Hall–Kier alpha value is -1.06. The summed E-state index contributed by atoms with van der Waals surface area (Å²) >= 11 is 0. The maximum Gasteiger partial charge on any atom is 0.183 e. The van der Waals surface area contributed by atoms with E-state index in [-0.39, 0.29) is 6.10 Å². The highest BCUT2D eigenvalue weighted by atomic mass is 16.5. The monoisotopic (exact) mass is 238 g/mol. The molecule has 0 saturated carbocycles. The average molecular weight is 238 g/mol. The van der Waals surface area contributed by atoms with Crippen LogP contribution in [0.4, 0.5) is 0 Å². The van der Waals surface area contributed by atoms with Crippen LogP contribution in [0.15, 0.2) is 9.98 Å². The van der Waals surface area contributed by atoms with Crippen molar-refractivity contribution in [2.75, 3.05) is 13.2 Å². The summed E-state index contributed by atoms with van der Waals surface area (Å²) < 4.78 is 11.1. The van der Waals surface area contributed by atoms with Gasteiger partial charge in [-0.25, -0.2) is 4.99 Å². The molecule has 2 unspecified atom stereocenters. The Kier molecular flexibility index (Phi) is 4.40. The number of unbranched alkanes of at least 4 members (excludes halogenated alkanes) is 1. The summed E-state index contributed by atoms with van der Waals surface area (Å²) in [6, 6.07) is 0.397. The van der Waals surface area contributed by atoms with Gasteiger partial charge in [0.05, 0.1) is 12.6 Å². The first-order valence-corrected chi connectivity index (χ1v) is 6.67. The van der Waals surface area contributed by atoms with Crippen molar-refractivity contribution in [3.05, 3.63) is 0 Å². The topological polar surface area (TPSA) is 43.2 Å². The number of aliphatic imine (C=N–C) groups is 2. The number of hydrogen-bond donors (Lipinski definition) is 0. The highest BCUT2D eigenvalue weighted by Crippen LogP contribution is 2.14. The van der Waals surface area contributed by atoms with Crippen LogP contribution in [0.5, 0.6) is 0 Å². The van der Waals surface area contributed by atoms with E-state index in [1.165, 1.54) is 0 Å². The summed E-state index contributed by atoms with van der Waals surface area (Å²) in [5, 5.41) is 0. The third-order valence-electron chi connectivity index (χ3n) is 3.13. The summed E-state index contributed by atoms with van der Waals surface area (Å²) in [7, 11) is 0. The zero-order valence-corrected chi connectivity index (χ0v) is 10.8. The number of rotatable bonds is 6. The van der Waals surface area contributed by atoms with E-state index in [0.29, 0.717) is 6.04 Å². The summed E-state index contributed by atoms with van der Waals surface area (Å²) in [6.07, 6.45) is 5.47. The maximum absolute atomic E-state index is 5.56. The Bertz CT molecular complexity index is 313. The molecule has 2 rings (SSSR count). The Morgan fingerprint density at radius 2 is 2.00 bits per heavy atom. The Morgan fingerprint density at radius 3 is 2.59 bits per heavy atom. The molecule has 0 aromatic heterocycles. The van der Waals surface area contributed by atoms with Crippen LogP contribution < -0.4 is 0 Å². The molecule has 0 fully saturated rings. The van der Waals surface area contributed by atoms with Crippen LogP contribution >= 0.6 is 0 Å². The second-order valence-electron chi connectivity index (χ2n) is 4.77. The highest BCUT2D eigenvalue weighted by molar-refractivity contribution is 5.78. The zero-order valence-electron chi connectivity index (χ0n) is 10.8. The van der Waals surface area contributed by atoms with E-state index < -0.39 is 0 Å². The minimum Gasteiger partial charge on any atom is -0.479 e. The Balaban J connectivity index is 1.58. The lowest BCUT2D eigenvalue weighted by molar-refractivity contribution is 0.238. The van der Waals surface area contributed by atoms with E-state index in [1.54, 1.807) is 0 Å². The molecular weight excluding hydrogens is 216 g/mol. The van der Waals surface area contributed by atoms with Crippen molar-refractivity contribution in [3.8, 4) is 0 Å². The van der Waals surface area contributed by atoms with E-state index in [0.717, 1.165) is 57.1 Å². The molecule has 0 radical (unpaired) electrons. The van der Waals surface area contributed by atoms with Crippen molar-refractivity contribution >= 4 is 11.8 Å². The van der Waals surface area contributed by atoms with Crippen molar-refractivity contribution in [2.24, 2.45) is 9.98 Å². The molecule has 17 heavy (non-hydrogen) atoms. The number of nitrogens with zero attached hydrogens (tertiary/aromatic N) is 2. The summed E-state index contributed by atoms with van der Waals surface area (Å²) in [4.78, 5) is 8.87. The van der Waals surface area contributed by atoms with Gasteiger partial charge in [0.25, 0.3) is 0 Å². The van der Waals surface area contributed by atoms with Gasteiger partial charge in [0, 0.05) is 12.8 Å². The smallest absolute Gasteiger partial charge is 0.183 e. The fraction of sp³-hybridized carbons (Fsp3) is 0.846. The van der Waals surface area contributed by atoms with Gasteiger partial charge in [-0.2, -0.15) is 0 Å². The van der Waals surface area contributed by atoms with Crippen LogP contribution in [0, 0.1) is 0 Å². The fourth-order valence-corrected chi connectivity index (χ4v) is 2.04. The second-order valence-corrected chi connectivity index (χ2v) is 4.77. The lowest BCUT2D eigenvalue weighted by Gasteiger charge is -2.05. The largest absolute Gasteiger partial charge is 0.479 e. The molecule has 2 aliphatic rings. The van der Waals surface area contributed by atoms with Crippen molar-refractivity contribution in [3.63, 3.8) is 0 Å². The minimum absolute atomic E-state index is 0.276. The molecular formula is C13H22N2O2. The lowest BCUT2D eigenvalue weighted by atomic mass is 10.2. The van der Waals surface area contributed by atoms with Crippen molar-refractivity contribution in [1.82, 2.24) is 0 Å². The Morgan fingerprint density at radius 1 is 1.24 bits per heavy atom. The molecule has 4 nitrogen and oxygen atoms in total. The van der Waals surface area contributed by atoms with Gasteiger partial charge in [-0.1, -0.05) is 6.92 Å². The summed E-state index contributed by atoms with van der Waals surface area (Å²) in [5.41, 5.74) is 0. The van der Waals surface area contributed by atoms with Gasteiger partial charge in [0.2, 0.25) is 0 Å². The molecule has 96 valence electrons. The minimum atomic E-state index is 0.276. The first-order chi connectivity index (χ1) is 8.28. The number of ether oxygens (including phenoxy) is 2. The maximum atomic E-state index is 5.56. The molecule has 0 spiro atoms. The standard InChI is InChI=1S/C13H22N2O2/c1-3-11-9-16-13(15-11)7-5-4-6-12-14-8-10(2)17-12/h10-11H,3-9H2,1-2H3. The molecule has 4 heteroatoms. The van der Waals surface area contributed by atoms with Gasteiger partial charge in [-0.05, 0) is 26.2 Å². The third-order valence-corrected chi connectivity index (χ3v) is 3.13. The lowest BCUT2D eigenvalue weighted by Crippen LogP contribution is -2.07. The molecule has 2 heterocycles. The van der Waals surface area contributed by atoms with Crippen LogP contribution in [0.25, 0.3) is 0 Å². The molecule has 0 aromatic rings. The normalized spacial score (nSPS) is 27.4. The summed E-state index contributed by atoms with van der Waals surface area (Å²) in [6.45, 7) is 5.81. The van der Waals surface area contributed by atoms with E-state index in [2.05, 4.69) is 23.8 Å². The molecule has 0 aromatic carbocycles. The molecule has 0 saturated heterocycles. The van der Waals surface area contributed by atoms with Crippen LogP contribution in [0.1, 0.15) is 46.0 Å². The van der Waals surface area contributed by atoms with E-state index in [4.69, 9.17) is 9.47 Å². The SMILES string of the molecule is CCC1COC(CCCCC2=NCC(C)O2)=N1. The van der Waals surface area contributed by atoms with E-state index in [9.17, 15) is 0 Å². The first-order valence-electron chi connectivity index (χ1n) is 6.67. The highest BCUT2D eigenvalue weighted by Gasteiger charge is 2.17. The van der Waals surface area contributed by atoms with Crippen molar-refractivity contribution < 1.29 is 9.47 Å². The van der Waals surface area contributed by atoms with Gasteiger partial charge in [-0.15, -0.1) is 0 Å². The molecule has 2 atom stereocenters. The van der Waals surface area contributed by atoms with Crippen LogP contribution in [0.2, 0.25) is 0 Å². The van der Waals surface area contributed by atoms with Crippen molar-refractivity contribution in [2.45, 2.75) is 58.1 Å². The third kappa shape index (κ3) is 3.72. The van der Waals surface area contributed by atoms with Crippen LogP contribution in [-0.2, 0) is 9.47 Å². The van der Waals surface area contributed by atoms with E-state index >= 15 is 0 Å². The van der Waals surface area contributed by atoms with Gasteiger partial charge in [-0.3, -0.25) is 4.99 Å². The van der Waals surface area contributed by atoms with Crippen LogP contribution in [-0.4, -0.2) is 37.1 Å². The fourth-order valence-electron chi connectivity index (χ4n) is 2.04. The first kappa shape index (κ1) is 12.4. The molecule has 0 amide bonds. The second kappa shape index (κ2) is 6.03. The molecule has 0 bridgehead atoms. The zero-order chi connectivity index (χ0) is 12.1. The molecule has 2 aliphatic heterocycles. The van der Waals surface area contributed by atoms with E-state index in [1.807, 2.05) is 0 Å². The van der Waals surface area contributed by atoms with Gasteiger partial charge in [0.15, 0.2) is 11.8 Å². The Labute approximate surface area is 103 Å². The van der Waals surface area contributed by atoms with Gasteiger partial charge in [0.1, 0.15) is 12.7 Å². The van der Waals surface area contributed by atoms with Crippen molar-refractivity contribution in [1.29, 1.82) is 0 Å². The number of hydrogen-bond acceptors (Lipinski definition) is 4. The summed E-state index contributed by atoms with van der Waals surface area (Å²) in [5.74, 6) is 1.87. The average Bonchev–Trinajstić information content (AvgIpc) is 2.93. The molecule has 0 aliphatic carbocycles. The molecule has 0 N–H and O–H groups in total. The van der Waals surface area contributed by atoms with Gasteiger partial charge < -0.3 is 9.47 Å².